The molecular weight excluding hydrogens is 451 g/mol. The Balaban J connectivity index is 1.60. The first-order chi connectivity index (χ1) is 16.8. The van der Waals surface area contributed by atoms with Crippen LogP contribution in [0, 0.1) is 6.92 Å². The average Bonchev–Trinajstić information content (AvgIpc) is 3.27. The number of amides is 2. The molecule has 0 saturated heterocycles. The van der Waals surface area contributed by atoms with Crippen molar-refractivity contribution in [2.75, 3.05) is 5.32 Å². The van der Waals surface area contributed by atoms with Crippen molar-refractivity contribution in [1.82, 2.24) is 9.47 Å². The van der Waals surface area contributed by atoms with Gasteiger partial charge in [0, 0.05) is 25.0 Å². The molecule has 0 unspecified atom stereocenters. The molecule has 1 heterocycles. The number of aromatic nitrogens is 1. The molecule has 4 rings (SSSR count). The number of carbonyl (C=O) groups is 1. The van der Waals surface area contributed by atoms with Crippen LogP contribution in [-0.2, 0) is 25.8 Å². The lowest BCUT2D eigenvalue weighted by atomic mass is 10.1. The smallest absolute Gasteiger partial charge is 0.345 e. The number of benzene rings is 3. The summed E-state index contributed by atoms with van der Waals surface area (Å²) in [5.41, 5.74) is 2.93. The van der Waals surface area contributed by atoms with E-state index in [-0.39, 0.29) is 18.8 Å². The van der Waals surface area contributed by atoms with Crippen LogP contribution in [0.2, 0.25) is 0 Å². The van der Waals surface area contributed by atoms with Crippen LogP contribution in [0.1, 0.15) is 27.9 Å². The van der Waals surface area contributed by atoms with Gasteiger partial charge in [0.15, 0.2) is 0 Å². The van der Waals surface area contributed by atoms with E-state index >= 15 is 0 Å². The number of nitrogens with one attached hydrogen (secondary N) is 1. The van der Waals surface area contributed by atoms with Gasteiger partial charge in [-0.05, 0) is 47.9 Å². The fourth-order valence-electron chi connectivity index (χ4n) is 3.95. The lowest BCUT2D eigenvalue weighted by molar-refractivity contribution is -0.136. The van der Waals surface area contributed by atoms with Gasteiger partial charge in [0.05, 0.1) is 17.8 Å². The van der Waals surface area contributed by atoms with Gasteiger partial charge in [0.2, 0.25) is 0 Å². The summed E-state index contributed by atoms with van der Waals surface area (Å²) in [4.78, 5) is 14.8. The number of urea groups is 1. The molecule has 1 aromatic heterocycles. The maximum Gasteiger partial charge on any atom is 0.418 e. The number of anilines is 1. The van der Waals surface area contributed by atoms with E-state index in [0.29, 0.717) is 6.54 Å². The number of rotatable bonds is 7. The van der Waals surface area contributed by atoms with Gasteiger partial charge in [-0.2, -0.15) is 13.2 Å². The van der Waals surface area contributed by atoms with Crippen molar-refractivity contribution in [3.05, 3.63) is 125 Å². The van der Waals surface area contributed by atoms with Crippen molar-refractivity contribution in [2.45, 2.75) is 32.7 Å². The number of nitrogens with zero attached hydrogens (tertiary/aromatic N) is 2. The van der Waals surface area contributed by atoms with Crippen LogP contribution < -0.4 is 5.32 Å². The summed E-state index contributed by atoms with van der Waals surface area (Å²) >= 11 is 0. The topological polar surface area (TPSA) is 37.3 Å². The number of hydrogen-bond acceptors (Lipinski definition) is 1. The van der Waals surface area contributed by atoms with Crippen molar-refractivity contribution in [3.8, 4) is 0 Å². The van der Waals surface area contributed by atoms with Crippen LogP contribution in [0.4, 0.5) is 23.7 Å². The highest BCUT2D eigenvalue weighted by Gasteiger charge is 2.34. The van der Waals surface area contributed by atoms with Crippen LogP contribution >= 0.6 is 0 Å². The largest absolute Gasteiger partial charge is 0.418 e. The van der Waals surface area contributed by atoms with Crippen molar-refractivity contribution in [2.24, 2.45) is 0 Å². The molecule has 0 saturated carbocycles. The summed E-state index contributed by atoms with van der Waals surface area (Å²) in [6.07, 6.45) is -2.63. The molecule has 4 aromatic rings. The summed E-state index contributed by atoms with van der Waals surface area (Å²) < 4.78 is 42.5. The van der Waals surface area contributed by atoms with Gasteiger partial charge in [-0.15, -0.1) is 0 Å². The Labute approximate surface area is 202 Å². The fraction of sp³-hybridized carbons (Fsp3) is 0.179. The van der Waals surface area contributed by atoms with Crippen LogP contribution in [0.3, 0.4) is 0 Å². The van der Waals surface area contributed by atoms with Crippen LogP contribution in [0.25, 0.3) is 0 Å². The minimum atomic E-state index is -4.57. The molecule has 0 aliphatic carbocycles. The van der Waals surface area contributed by atoms with Gasteiger partial charge in [-0.25, -0.2) is 4.79 Å². The highest BCUT2D eigenvalue weighted by Crippen LogP contribution is 2.34. The number of aryl methyl sites for hydroxylation is 1. The first kappa shape index (κ1) is 24.1. The Morgan fingerprint density at radius 1 is 0.857 bits per heavy atom. The monoisotopic (exact) mass is 477 g/mol. The number of hydrogen-bond donors (Lipinski definition) is 1. The summed E-state index contributed by atoms with van der Waals surface area (Å²) in [5.74, 6) is 0. The zero-order valence-corrected chi connectivity index (χ0v) is 19.3. The van der Waals surface area contributed by atoms with E-state index in [0.717, 1.165) is 28.5 Å². The first-order valence-corrected chi connectivity index (χ1v) is 11.3. The second kappa shape index (κ2) is 10.5. The fourth-order valence-corrected chi connectivity index (χ4v) is 3.95. The Morgan fingerprint density at radius 3 is 2.29 bits per heavy atom. The molecule has 0 fully saturated rings. The van der Waals surface area contributed by atoms with E-state index in [9.17, 15) is 18.0 Å². The molecular formula is C28H26F3N3O. The van der Waals surface area contributed by atoms with E-state index in [2.05, 4.69) is 16.0 Å². The number of halogens is 3. The SMILES string of the molecule is Cc1ccccc1Cn1cccc1CN(Cc1ccccc1)C(=O)Nc1ccccc1C(F)(F)F. The lowest BCUT2D eigenvalue weighted by Crippen LogP contribution is -2.35. The maximum absolute atomic E-state index is 13.5. The third kappa shape index (κ3) is 6.12. The Morgan fingerprint density at radius 2 is 1.54 bits per heavy atom. The van der Waals surface area contributed by atoms with Crippen LogP contribution in [0.5, 0.6) is 0 Å². The minimum Gasteiger partial charge on any atom is -0.345 e. The predicted molar refractivity (Wildman–Crippen MR) is 131 cm³/mol. The zero-order chi connectivity index (χ0) is 24.8. The molecule has 0 atom stereocenters. The Kier molecular flexibility index (Phi) is 7.25. The van der Waals surface area contributed by atoms with Crippen LogP contribution in [0.15, 0.2) is 97.2 Å². The van der Waals surface area contributed by atoms with Crippen molar-refractivity contribution in [1.29, 1.82) is 0 Å². The molecule has 7 heteroatoms. The predicted octanol–water partition coefficient (Wildman–Crippen LogP) is 7.10. The molecule has 35 heavy (non-hydrogen) atoms. The minimum absolute atomic E-state index is 0.230. The van der Waals surface area contributed by atoms with Gasteiger partial charge in [0.25, 0.3) is 0 Å². The molecule has 4 nitrogen and oxygen atoms in total. The van der Waals surface area contributed by atoms with E-state index in [1.807, 2.05) is 73.8 Å². The highest BCUT2D eigenvalue weighted by molar-refractivity contribution is 5.90. The molecule has 3 aromatic carbocycles. The summed E-state index contributed by atoms with van der Waals surface area (Å²) in [7, 11) is 0. The lowest BCUT2D eigenvalue weighted by Gasteiger charge is -2.25. The van der Waals surface area contributed by atoms with Gasteiger partial charge >= 0.3 is 12.2 Å². The second-order valence-corrected chi connectivity index (χ2v) is 8.37. The third-order valence-electron chi connectivity index (χ3n) is 5.86. The maximum atomic E-state index is 13.5. The first-order valence-electron chi connectivity index (χ1n) is 11.3. The molecule has 2 amide bonds. The third-order valence-corrected chi connectivity index (χ3v) is 5.86. The Bertz CT molecular complexity index is 1280. The van der Waals surface area contributed by atoms with E-state index in [4.69, 9.17) is 0 Å². The quantitative estimate of drug-likeness (QED) is 0.303. The van der Waals surface area contributed by atoms with E-state index in [1.165, 1.54) is 23.1 Å². The molecule has 180 valence electrons. The average molecular weight is 478 g/mol. The highest BCUT2D eigenvalue weighted by atomic mass is 19.4. The van der Waals surface area contributed by atoms with Crippen LogP contribution in [-0.4, -0.2) is 15.5 Å². The normalized spacial score (nSPS) is 11.3. The molecule has 0 spiro atoms. The standard InChI is InChI=1S/C28H26F3N3O/c1-21-10-5-6-13-23(21)19-33-17-9-14-24(33)20-34(18-22-11-3-2-4-12-22)27(35)32-26-16-8-7-15-25(26)28(29,30)31/h2-17H,18-20H2,1H3,(H,32,35). The number of carbonyl (C=O) groups excluding carboxylic acids is 1. The molecule has 0 bridgehead atoms. The van der Waals surface area contributed by atoms with Gasteiger partial charge in [0.1, 0.15) is 0 Å². The van der Waals surface area contributed by atoms with Gasteiger partial charge in [-0.1, -0.05) is 66.7 Å². The summed E-state index contributed by atoms with van der Waals surface area (Å²) in [6, 6.07) is 25.7. The number of alkyl halides is 3. The van der Waals surface area contributed by atoms with E-state index < -0.39 is 17.8 Å². The second-order valence-electron chi connectivity index (χ2n) is 8.37. The molecule has 1 N–H and O–H groups in total. The zero-order valence-electron chi connectivity index (χ0n) is 19.3. The molecule has 0 aliphatic rings. The van der Waals surface area contributed by atoms with Gasteiger partial charge < -0.3 is 14.8 Å². The molecule has 0 aliphatic heterocycles. The van der Waals surface area contributed by atoms with Gasteiger partial charge in [-0.3, -0.25) is 0 Å². The Hall–Kier alpha value is -4.00. The molecule has 0 radical (unpaired) electrons. The van der Waals surface area contributed by atoms with E-state index in [1.54, 1.807) is 0 Å². The van der Waals surface area contributed by atoms with Crippen molar-refractivity contribution >= 4 is 11.7 Å². The summed E-state index contributed by atoms with van der Waals surface area (Å²) in [6.45, 7) is 3.16. The summed E-state index contributed by atoms with van der Waals surface area (Å²) in [5, 5.41) is 2.49. The van der Waals surface area contributed by atoms with Crippen molar-refractivity contribution < 1.29 is 18.0 Å². The number of para-hydroxylation sites is 1. The van der Waals surface area contributed by atoms with Crippen molar-refractivity contribution in [3.63, 3.8) is 0 Å².